The zero-order chi connectivity index (χ0) is 15.3. The molecule has 0 heterocycles. The SMILES string of the molecule is C=C(CNC(C)C)COc1c(Cl)cc([N+](=O)[O-])cc1Cl. The smallest absolute Gasteiger partial charge is 0.272 e. The Morgan fingerprint density at radius 2 is 2.00 bits per heavy atom. The normalized spacial score (nSPS) is 10.7. The van der Waals surface area contributed by atoms with Crippen molar-refractivity contribution < 1.29 is 9.66 Å². The van der Waals surface area contributed by atoms with Crippen molar-refractivity contribution in [3.05, 3.63) is 44.4 Å². The zero-order valence-corrected chi connectivity index (χ0v) is 12.8. The molecular weight excluding hydrogens is 303 g/mol. The molecule has 20 heavy (non-hydrogen) atoms. The summed E-state index contributed by atoms with van der Waals surface area (Å²) < 4.78 is 5.47. The summed E-state index contributed by atoms with van der Waals surface area (Å²) in [6.07, 6.45) is 0. The van der Waals surface area contributed by atoms with Gasteiger partial charge < -0.3 is 10.1 Å². The molecule has 0 bridgehead atoms. The molecule has 0 fully saturated rings. The first kappa shape index (κ1) is 16.8. The van der Waals surface area contributed by atoms with Gasteiger partial charge in [0.15, 0.2) is 5.75 Å². The van der Waals surface area contributed by atoms with E-state index in [1.54, 1.807) is 0 Å². The third-order valence-corrected chi connectivity index (χ3v) is 2.94. The number of benzene rings is 1. The molecule has 7 heteroatoms. The van der Waals surface area contributed by atoms with Crippen LogP contribution in [0.1, 0.15) is 13.8 Å². The number of ether oxygens (including phenoxy) is 1. The second kappa shape index (κ2) is 7.47. The van der Waals surface area contributed by atoms with Crippen LogP contribution in [0.25, 0.3) is 0 Å². The third-order valence-electron chi connectivity index (χ3n) is 2.37. The maximum absolute atomic E-state index is 10.7. The Kier molecular flexibility index (Phi) is 6.26. The predicted octanol–water partition coefficient (Wildman–Crippen LogP) is 3.83. The van der Waals surface area contributed by atoms with E-state index in [-0.39, 0.29) is 28.1 Å². The Balaban J connectivity index is 2.69. The van der Waals surface area contributed by atoms with E-state index in [1.165, 1.54) is 12.1 Å². The number of nitro benzene ring substituents is 1. The van der Waals surface area contributed by atoms with E-state index in [1.807, 2.05) is 13.8 Å². The van der Waals surface area contributed by atoms with Crippen molar-refractivity contribution in [2.24, 2.45) is 0 Å². The first-order chi connectivity index (χ1) is 9.31. The van der Waals surface area contributed by atoms with Gasteiger partial charge in [0.05, 0.1) is 15.0 Å². The lowest BCUT2D eigenvalue weighted by molar-refractivity contribution is -0.384. The molecule has 110 valence electrons. The molecule has 0 aromatic heterocycles. The van der Waals surface area contributed by atoms with Crippen molar-refractivity contribution >= 4 is 28.9 Å². The fraction of sp³-hybridized carbons (Fsp3) is 0.385. The number of nitrogens with one attached hydrogen (secondary N) is 1. The van der Waals surface area contributed by atoms with Gasteiger partial charge in [-0.25, -0.2) is 0 Å². The van der Waals surface area contributed by atoms with Crippen LogP contribution in [-0.2, 0) is 0 Å². The number of nitrogens with zero attached hydrogens (tertiary/aromatic N) is 1. The first-order valence-corrected chi connectivity index (χ1v) is 6.73. The van der Waals surface area contributed by atoms with Crippen LogP contribution in [-0.4, -0.2) is 24.1 Å². The number of hydrogen-bond acceptors (Lipinski definition) is 4. The molecule has 1 aromatic rings. The second-order valence-corrected chi connectivity index (χ2v) is 5.38. The van der Waals surface area contributed by atoms with E-state index in [0.29, 0.717) is 12.6 Å². The third kappa shape index (κ3) is 5.00. The molecule has 0 saturated carbocycles. The van der Waals surface area contributed by atoms with Crippen molar-refractivity contribution in [3.8, 4) is 5.75 Å². The van der Waals surface area contributed by atoms with Gasteiger partial charge in [-0.3, -0.25) is 10.1 Å². The summed E-state index contributed by atoms with van der Waals surface area (Å²) in [7, 11) is 0. The second-order valence-electron chi connectivity index (χ2n) is 4.57. The molecule has 0 radical (unpaired) electrons. The van der Waals surface area contributed by atoms with Gasteiger partial charge in [0, 0.05) is 24.7 Å². The predicted molar refractivity (Wildman–Crippen MR) is 80.9 cm³/mol. The Morgan fingerprint density at radius 3 is 2.45 bits per heavy atom. The molecule has 0 aliphatic rings. The van der Waals surface area contributed by atoms with Crippen molar-refractivity contribution in [2.75, 3.05) is 13.2 Å². The number of halogens is 2. The largest absolute Gasteiger partial charge is 0.486 e. The van der Waals surface area contributed by atoms with Crippen LogP contribution in [0.3, 0.4) is 0 Å². The van der Waals surface area contributed by atoms with Crippen LogP contribution in [0.5, 0.6) is 5.75 Å². The van der Waals surface area contributed by atoms with E-state index in [0.717, 1.165) is 5.57 Å². The van der Waals surface area contributed by atoms with Gasteiger partial charge in [0.1, 0.15) is 6.61 Å². The van der Waals surface area contributed by atoms with Crippen molar-refractivity contribution in [1.82, 2.24) is 5.32 Å². The van der Waals surface area contributed by atoms with Crippen LogP contribution in [0, 0.1) is 10.1 Å². The minimum atomic E-state index is -0.562. The molecule has 0 spiro atoms. The number of rotatable bonds is 7. The zero-order valence-electron chi connectivity index (χ0n) is 11.3. The van der Waals surface area contributed by atoms with Crippen molar-refractivity contribution in [2.45, 2.75) is 19.9 Å². The maximum Gasteiger partial charge on any atom is 0.272 e. The molecule has 0 atom stereocenters. The van der Waals surface area contributed by atoms with E-state index >= 15 is 0 Å². The maximum atomic E-state index is 10.7. The molecule has 0 amide bonds. The highest BCUT2D eigenvalue weighted by Gasteiger charge is 2.15. The fourth-order valence-corrected chi connectivity index (χ4v) is 1.95. The molecule has 0 saturated heterocycles. The van der Waals surface area contributed by atoms with Crippen LogP contribution >= 0.6 is 23.2 Å². The Labute approximate surface area is 127 Å². The van der Waals surface area contributed by atoms with Crippen LogP contribution in [0.15, 0.2) is 24.3 Å². The lowest BCUT2D eigenvalue weighted by atomic mass is 10.3. The number of hydrogen-bond donors (Lipinski definition) is 1. The van der Waals surface area contributed by atoms with Gasteiger partial charge in [0.2, 0.25) is 0 Å². The molecule has 0 unspecified atom stereocenters. The standard InChI is InChI=1S/C13H16Cl2N2O3/c1-8(2)16-6-9(3)7-20-13-11(14)4-10(17(18)19)5-12(13)15/h4-5,8,16H,3,6-7H2,1-2H3. The minimum Gasteiger partial charge on any atom is -0.486 e. The van der Waals surface area contributed by atoms with Gasteiger partial charge in [-0.2, -0.15) is 0 Å². The highest BCUT2D eigenvalue weighted by atomic mass is 35.5. The van der Waals surface area contributed by atoms with Crippen LogP contribution in [0.4, 0.5) is 5.69 Å². The van der Waals surface area contributed by atoms with E-state index in [2.05, 4.69) is 11.9 Å². The van der Waals surface area contributed by atoms with Gasteiger partial charge in [-0.1, -0.05) is 43.6 Å². The van der Waals surface area contributed by atoms with E-state index in [4.69, 9.17) is 27.9 Å². The van der Waals surface area contributed by atoms with Gasteiger partial charge in [0.25, 0.3) is 5.69 Å². The highest BCUT2D eigenvalue weighted by Crippen LogP contribution is 2.36. The quantitative estimate of drug-likeness (QED) is 0.471. The van der Waals surface area contributed by atoms with E-state index < -0.39 is 4.92 Å². The van der Waals surface area contributed by atoms with Gasteiger partial charge in [-0.05, 0) is 5.57 Å². The molecule has 0 aliphatic heterocycles. The van der Waals surface area contributed by atoms with E-state index in [9.17, 15) is 10.1 Å². The molecule has 1 aromatic carbocycles. The Hall–Kier alpha value is -1.30. The topological polar surface area (TPSA) is 64.4 Å². The first-order valence-electron chi connectivity index (χ1n) is 5.97. The molecule has 0 aliphatic carbocycles. The lowest BCUT2D eigenvalue weighted by Crippen LogP contribution is -2.26. The Morgan fingerprint density at radius 1 is 1.45 bits per heavy atom. The molecule has 5 nitrogen and oxygen atoms in total. The molecular formula is C13H16Cl2N2O3. The highest BCUT2D eigenvalue weighted by molar-refractivity contribution is 6.37. The molecule has 1 rings (SSSR count). The average molecular weight is 319 g/mol. The minimum absolute atomic E-state index is 0.105. The summed E-state index contributed by atoms with van der Waals surface area (Å²) >= 11 is 11.9. The number of nitro groups is 1. The van der Waals surface area contributed by atoms with Crippen molar-refractivity contribution in [1.29, 1.82) is 0 Å². The summed E-state index contributed by atoms with van der Waals surface area (Å²) in [4.78, 5) is 10.1. The molecule has 1 N–H and O–H groups in total. The summed E-state index contributed by atoms with van der Waals surface area (Å²) in [5.41, 5.74) is 0.650. The Bertz CT molecular complexity index is 495. The fourth-order valence-electron chi connectivity index (χ4n) is 1.36. The summed E-state index contributed by atoms with van der Waals surface area (Å²) in [6.45, 7) is 8.76. The monoisotopic (exact) mass is 318 g/mol. The summed E-state index contributed by atoms with van der Waals surface area (Å²) in [5.74, 6) is 0.227. The van der Waals surface area contributed by atoms with Gasteiger partial charge >= 0.3 is 0 Å². The average Bonchev–Trinajstić information content (AvgIpc) is 2.34. The summed E-state index contributed by atoms with van der Waals surface area (Å²) in [6, 6.07) is 2.76. The van der Waals surface area contributed by atoms with Crippen molar-refractivity contribution in [3.63, 3.8) is 0 Å². The van der Waals surface area contributed by atoms with Crippen LogP contribution in [0.2, 0.25) is 10.0 Å². The number of non-ortho nitro benzene ring substituents is 1. The summed E-state index contributed by atoms with van der Waals surface area (Å²) in [5, 5.41) is 14.1. The van der Waals surface area contributed by atoms with Crippen LogP contribution < -0.4 is 10.1 Å². The lowest BCUT2D eigenvalue weighted by Gasteiger charge is -2.13. The van der Waals surface area contributed by atoms with Gasteiger partial charge in [-0.15, -0.1) is 0 Å².